The van der Waals surface area contributed by atoms with Gasteiger partial charge in [0.05, 0.1) is 13.2 Å². The highest BCUT2D eigenvalue weighted by Crippen LogP contribution is 2.31. The fourth-order valence-corrected chi connectivity index (χ4v) is 4.43. The predicted molar refractivity (Wildman–Crippen MR) is 137 cm³/mol. The molecule has 168 valence electrons. The molecule has 1 saturated heterocycles. The van der Waals surface area contributed by atoms with E-state index in [0.717, 1.165) is 21.2 Å². The number of halogens is 1. The third-order valence-corrected chi connectivity index (χ3v) is 6.15. The Labute approximate surface area is 207 Å². The number of methoxy groups -OCH3 is 1. The molecule has 33 heavy (non-hydrogen) atoms. The molecule has 0 aliphatic carbocycles. The minimum Gasteiger partial charge on any atom is -0.493 e. The van der Waals surface area contributed by atoms with E-state index in [1.165, 1.54) is 0 Å². The molecule has 0 saturated carbocycles. The second-order valence-electron chi connectivity index (χ2n) is 7.58. The van der Waals surface area contributed by atoms with Crippen LogP contribution in [0.4, 0.5) is 0 Å². The number of benzene rings is 3. The van der Waals surface area contributed by atoms with Crippen molar-refractivity contribution in [2.24, 2.45) is 0 Å². The van der Waals surface area contributed by atoms with Gasteiger partial charge in [0.25, 0.3) is 5.91 Å². The zero-order valence-electron chi connectivity index (χ0n) is 18.2. The van der Waals surface area contributed by atoms with Crippen LogP contribution in [0.1, 0.15) is 29.7 Å². The minimum absolute atomic E-state index is 0.162. The van der Waals surface area contributed by atoms with Crippen LogP contribution in [0.5, 0.6) is 11.5 Å². The van der Waals surface area contributed by atoms with Crippen LogP contribution in [0.2, 0.25) is 0 Å². The van der Waals surface area contributed by atoms with Crippen molar-refractivity contribution in [2.75, 3.05) is 7.11 Å². The van der Waals surface area contributed by atoms with E-state index in [1.807, 2.05) is 79.7 Å². The molecule has 3 aromatic carbocycles. The van der Waals surface area contributed by atoms with Crippen molar-refractivity contribution in [3.8, 4) is 11.5 Å². The van der Waals surface area contributed by atoms with Gasteiger partial charge in [0, 0.05) is 4.47 Å². The summed E-state index contributed by atoms with van der Waals surface area (Å²) in [6, 6.07) is 23.1. The third kappa shape index (κ3) is 5.26. The van der Waals surface area contributed by atoms with Crippen LogP contribution in [0.15, 0.2) is 83.0 Å². The van der Waals surface area contributed by atoms with Crippen molar-refractivity contribution in [3.63, 3.8) is 0 Å². The number of thiocarbonyl (C=S) groups is 1. The summed E-state index contributed by atoms with van der Waals surface area (Å²) < 4.78 is 12.5. The molecule has 7 heteroatoms. The molecule has 0 radical (unpaired) electrons. The predicted octanol–water partition coefficient (Wildman–Crippen LogP) is 5.86. The molecule has 1 aliphatic rings. The maximum Gasteiger partial charge on any atom is 0.277 e. The Morgan fingerprint density at radius 3 is 2.58 bits per heavy atom. The average molecular weight is 523 g/mol. The van der Waals surface area contributed by atoms with Crippen LogP contribution in [0.3, 0.4) is 0 Å². The zero-order chi connectivity index (χ0) is 23.4. The summed E-state index contributed by atoms with van der Waals surface area (Å²) in [5.74, 6) is 1.05. The Morgan fingerprint density at radius 1 is 1.06 bits per heavy atom. The van der Waals surface area contributed by atoms with Gasteiger partial charge >= 0.3 is 0 Å². The SMILES string of the molecule is COc1cc(/C=C2/NC(=S)N([C@H](C)c3ccccc3)C2=O)ccc1OCc1cccc(Br)c1. The smallest absolute Gasteiger partial charge is 0.277 e. The van der Waals surface area contributed by atoms with Gasteiger partial charge in [-0.3, -0.25) is 9.69 Å². The molecule has 0 spiro atoms. The topological polar surface area (TPSA) is 50.8 Å². The zero-order valence-corrected chi connectivity index (χ0v) is 20.7. The Bertz CT molecular complexity index is 1210. The van der Waals surface area contributed by atoms with Crippen molar-refractivity contribution in [1.82, 2.24) is 10.2 Å². The van der Waals surface area contributed by atoms with E-state index in [9.17, 15) is 4.79 Å². The van der Waals surface area contributed by atoms with E-state index in [4.69, 9.17) is 21.7 Å². The molecule has 1 aliphatic heterocycles. The molecular formula is C26H23BrN2O3S. The Hall–Kier alpha value is -3.16. The van der Waals surface area contributed by atoms with Gasteiger partial charge in [-0.05, 0) is 66.2 Å². The summed E-state index contributed by atoms with van der Waals surface area (Å²) in [7, 11) is 1.59. The molecular weight excluding hydrogens is 500 g/mol. The van der Waals surface area contributed by atoms with E-state index < -0.39 is 0 Å². The molecule has 0 unspecified atom stereocenters. The standard InChI is InChI=1S/C26H23BrN2O3S/c1-17(20-8-4-3-5-9-20)29-25(30)22(28-26(29)33)14-18-11-12-23(24(15-18)31-2)32-16-19-7-6-10-21(27)13-19/h3-15,17H,16H2,1-2H3,(H,28,33)/b22-14+/t17-/m1/s1. The first-order valence-electron chi connectivity index (χ1n) is 10.4. The summed E-state index contributed by atoms with van der Waals surface area (Å²) in [6.07, 6.45) is 1.77. The maximum atomic E-state index is 13.1. The number of nitrogens with zero attached hydrogens (tertiary/aromatic N) is 1. The number of hydrogen-bond donors (Lipinski definition) is 1. The van der Waals surface area contributed by atoms with Gasteiger partial charge in [-0.15, -0.1) is 0 Å². The lowest BCUT2D eigenvalue weighted by Crippen LogP contribution is -2.33. The quantitative estimate of drug-likeness (QED) is 0.311. The van der Waals surface area contributed by atoms with E-state index in [1.54, 1.807) is 18.1 Å². The van der Waals surface area contributed by atoms with Gasteiger partial charge < -0.3 is 14.8 Å². The molecule has 1 atom stereocenters. The highest BCUT2D eigenvalue weighted by molar-refractivity contribution is 9.10. The lowest BCUT2D eigenvalue weighted by molar-refractivity contribution is -0.123. The van der Waals surface area contributed by atoms with Gasteiger partial charge in [0.1, 0.15) is 12.3 Å². The summed E-state index contributed by atoms with van der Waals surface area (Å²) in [5, 5.41) is 3.44. The van der Waals surface area contributed by atoms with Crippen LogP contribution in [-0.4, -0.2) is 23.0 Å². The highest BCUT2D eigenvalue weighted by atomic mass is 79.9. The molecule has 1 N–H and O–H groups in total. The third-order valence-electron chi connectivity index (χ3n) is 5.36. The Kier molecular flexibility index (Phi) is 7.11. The van der Waals surface area contributed by atoms with E-state index >= 15 is 0 Å². The molecule has 5 nitrogen and oxygen atoms in total. The largest absolute Gasteiger partial charge is 0.493 e. The van der Waals surface area contributed by atoms with Crippen molar-refractivity contribution in [2.45, 2.75) is 19.6 Å². The minimum atomic E-state index is -0.173. The van der Waals surface area contributed by atoms with E-state index in [-0.39, 0.29) is 11.9 Å². The second-order valence-corrected chi connectivity index (χ2v) is 8.88. The van der Waals surface area contributed by atoms with Crippen LogP contribution in [-0.2, 0) is 11.4 Å². The lowest BCUT2D eigenvalue weighted by atomic mass is 10.1. The number of nitrogens with one attached hydrogen (secondary N) is 1. The van der Waals surface area contributed by atoms with Crippen molar-refractivity contribution < 1.29 is 14.3 Å². The van der Waals surface area contributed by atoms with Gasteiger partial charge in [0.15, 0.2) is 16.6 Å². The molecule has 1 fully saturated rings. The second kappa shape index (κ2) is 10.2. The van der Waals surface area contributed by atoms with Crippen molar-refractivity contribution >= 4 is 45.2 Å². The Balaban J connectivity index is 1.51. The lowest BCUT2D eigenvalue weighted by Gasteiger charge is -2.23. The van der Waals surface area contributed by atoms with Gasteiger partial charge in [-0.1, -0.05) is 64.5 Å². The van der Waals surface area contributed by atoms with Crippen LogP contribution >= 0.6 is 28.1 Å². The normalized spacial score (nSPS) is 15.5. The van der Waals surface area contributed by atoms with Gasteiger partial charge in [-0.25, -0.2) is 0 Å². The first-order valence-corrected chi connectivity index (χ1v) is 11.6. The van der Waals surface area contributed by atoms with E-state index in [0.29, 0.717) is 28.9 Å². The number of amides is 1. The molecule has 3 aromatic rings. The fraction of sp³-hybridized carbons (Fsp3) is 0.154. The number of carbonyl (C=O) groups is 1. The highest BCUT2D eigenvalue weighted by Gasteiger charge is 2.34. The van der Waals surface area contributed by atoms with Crippen molar-refractivity contribution in [1.29, 1.82) is 0 Å². The first kappa shape index (κ1) is 23.0. The summed E-state index contributed by atoms with van der Waals surface area (Å²) >= 11 is 8.92. The van der Waals surface area contributed by atoms with Gasteiger partial charge in [-0.2, -0.15) is 0 Å². The summed E-state index contributed by atoms with van der Waals surface area (Å²) in [6.45, 7) is 2.38. The fourth-order valence-electron chi connectivity index (χ4n) is 3.63. The maximum absolute atomic E-state index is 13.1. The van der Waals surface area contributed by atoms with Crippen LogP contribution in [0.25, 0.3) is 6.08 Å². The van der Waals surface area contributed by atoms with Crippen LogP contribution in [0, 0.1) is 0 Å². The number of ether oxygens (including phenoxy) is 2. The Morgan fingerprint density at radius 2 is 1.85 bits per heavy atom. The first-order chi connectivity index (χ1) is 16.0. The molecule has 4 rings (SSSR count). The molecule has 0 bridgehead atoms. The average Bonchev–Trinajstić information content (AvgIpc) is 3.10. The number of rotatable bonds is 7. The number of hydrogen-bond acceptors (Lipinski definition) is 4. The monoisotopic (exact) mass is 522 g/mol. The molecule has 1 amide bonds. The molecule has 0 aromatic heterocycles. The van der Waals surface area contributed by atoms with E-state index in [2.05, 4.69) is 21.2 Å². The number of carbonyl (C=O) groups excluding carboxylic acids is 1. The van der Waals surface area contributed by atoms with Gasteiger partial charge in [0.2, 0.25) is 0 Å². The summed E-state index contributed by atoms with van der Waals surface area (Å²) in [4.78, 5) is 14.7. The summed E-state index contributed by atoms with van der Waals surface area (Å²) in [5.41, 5.74) is 3.28. The van der Waals surface area contributed by atoms with Crippen LogP contribution < -0.4 is 14.8 Å². The van der Waals surface area contributed by atoms with Crippen molar-refractivity contribution in [3.05, 3.63) is 99.7 Å². The molecule has 1 heterocycles.